The summed E-state index contributed by atoms with van der Waals surface area (Å²) in [5.41, 5.74) is -3.01. The summed E-state index contributed by atoms with van der Waals surface area (Å²) in [5.74, 6) is 0. The molecule has 0 amide bonds. The van der Waals surface area contributed by atoms with E-state index in [-0.39, 0.29) is 5.56 Å². The Kier molecular flexibility index (Phi) is 5.59. The van der Waals surface area contributed by atoms with E-state index in [0.717, 1.165) is 10.4 Å². The molecule has 0 aliphatic carbocycles. The minimum Gasteiger partial charge on any atom is -0.376 e. The summed E-state index contributed by atoms with van der Waals surface area (Å²) in [6.07, 6.45) is -3.68. The molecule has 1 N–H and O–H groups in total. The third-order valence-corrected chi connectivity index (χ3v) is 8.86. The van der Waals surface area contributed by atoms with Crippen LogP contribution in [0.25, 0.3) is 0 Å². The van der Waals surface area contributed by atoms with E-state index in [2.05, 4.69) is 13.1 Å². The Morgan fingerprint density at radius 3 is 1.92 bits per heavy atom. The maximum Gasteiger partial charge on any atom is 0.421 e. The molecule has 2 rings (SSSR count). The Labute approximate surface area is 147 Å². The first-order valence-corrected chi connectivity index (χ1v) is 11.2. The predicted octanol–water partition coefficient (Wildman–Crippen LogP) is 4.93. The van der Waals surface area contributed by atoms with Gasteiger partial charge in [0.15, 0.2) is 5.60 Å². The molecule has 2 aromatic carbocycles. The first-order valence-electron chi connectivity index (χ1n) is 8.16. The molecule has 0 fully saturated rings. The van der Waals surface area contributed by atoms with E-state index in [4.69, 9.17) is 0 Å². The Morgan fingerprint density at radius 1 is 0.960 bits per heavy atom. The van der Waals surface area contributed by atoms with Gasteiger partial charge >= 0.3 is 6.18 Å². The molecular weight excluding hydrogens is 341 g/mol. The number of allylic oxidation sites excluding steroid dienone is 1. The molecule has 1 atom stereocenters. The average molecular weight is 364 g/mol. The highest BCUT2D eigenvalue weighted by Gasteiger charge is 2.54. The smallest absolute Gasteiger partial charge is 0.376 e. The van der Waals surface area contributed by atoms with E-state index in [9.17, 15) is 18.3 Å². The molecule has 5 heteroatoms. The molecule has 0 aromatic heterocycles. The van der Waals surface area contributed by atoms with Gasteiger partial charge in [-0.2, -0.15) is 13.2 Å². The summed E-state index contributed by atoms with van der Waals surface area (Å²) in [7, 11) is -2.06. The summed E-state index contributed by atoms with van der Waals surface area (Å²) in [6.45, 7) is 6.06. The van der Waals surface area contributed by atoms with Crippen molar-refractivity contribution in [2.45, 2.75) is 38.2 Å². The van der Waals surface area contributed by atoms with Gasteiger partial charge in [0.25, 0.3) is 0 Å². The zero-order valence-electron chi connectivity index (χ0n) is 14.6. The van der Waals surface area contributed by atoms with Gasteiger partial charge in [-0.25, -0.2) is 0 Å². The zero-order valence-corrected chi connectivity index (χ0v) is 15.6. The maximum absolute atomic E-state index is 13.6. The molecule has 25 heavy (non-hydrogen) atoms. The van der Waals surface area contributed by atoms with Gasteiger partial charge in [-0.05, 0) is 12.5 Å². The minimum absolute atomic E-state index is 0.134. The van der Waals surface area contributed by atoms with E-state index < -0.39 is 26.3 Å². The van der Waals surface area contributed by atoms with Crippen molar-refractivity contribution >= 4 is 13.3 Å². The fraction of sp³-hybridized carbons (Fsp3) is 0.300. The van der Waals surface area contributed by atoms with Crippen LogP contribution in [0.5, 0.6) is 0 Å². The van der Waals surface area contributed by atoms with Gasteiger partial charge in [0.1, 0.15) is 8.07 Å². The first-order chi connectivity index (χ1) is 11.6. The second kappa shape index (κ2) is 7.18. The van der Waals surface area contributed by atoms with E-state index in [0.29, 0.717) is 0 Å². The van der Waals surface area contributed by atoms with E-state index in [1.165, 1.54) is 24.3 Å². The van der Waals surface area contributed by atoms with Crippen LogP contribution in [0.4, 0.5) is 13.2 Å². The van der Waals surface area contributed by atoms with Crippen molar-refractivity contribution in [3.05, 3.63) is 77.5 Å². The molecule has 0 aliphatic heterocycles. The molecule has 0 unspecified atom stereocenters. The highest BCUT2D eigenvalue weighted by molar-refractivity contribution is 6.95. The SMILES string of the molecule is C/C(=C\C[C@](O)(c1ccccc1)C(F)(F)F)[Si](C)(C)c1ccccc1. The normalized spacial score (nSPS) is 15.7. The molecule has 2 aromatic rings. The Balaban J connectivity index is 2.36. The van der Waals surface area contributed by atoms with Crippen molar-refractivity contribution in [2.75, 3.05) is 0 Å². The fourth-order valence-corrected chi connectivity index (χ4v) is 4.84. The van der Waals surface area contributed by atoms with E-state index in [1.807, 2.05) is 37.3 Å². The quantitative estimate of drug-likeness (QED) is 0.746. The van der Waals surface area contributed by atoms with Crippen molar-refractivity contribution in [3.63, 3.8) is 0 Å². The molecule has 0 aliphatic rings. The lowest BCUT2D eigenvalue weighted by Crippen LogP contribution is -2.44. The van der Waals surface area contributed by atoms with Crippen molar-refractivity contribution in [1.82, 2.24) is 0 Å². The predicted molar refractivity (Wildman–Crippen MR) is 98.3 cm³/mol. The third kappa shape index (κ3) is 4.04. The number of hydrogen-bond acceptors (Lipinski definition) is 1. The van der Waals surface area contributed by atoms with Crippen LogP contribution in [0, 0.1) is 0 Å². The fourth-order valence-electron chi connectivity index (χ4n) is 2.75. The Hall–Kier alpha value is -1.85. The van der Waals surface area contributed by atoms with Gasteiger partial charge < -0.3 is 5.11 Å². The van der Waals surface area contributed by atoms with Gasteiger partial charge in [0, 0.05) is 6.42 Å². The first kappa shape index (κ1) is 19.5. The van der Waals surface area contributed by atoms with Crippen molar-refractivity contribution in [1.29, 1.82) is 0 Å². The number of benzene rings is 2. The summed E-state index contributed by atoms with van der Waals surface area (Å²) >= 11 is 0. The number of aliphatic hydroxyl groups is 1. The maximum atomic E-state index is 13.6. The number of hydrogen-bond donors (Lipinski definition) is 1. The summed E-state index contributed by atoms with van der Waals surface area (Å²) in [5, 5.41) is 12.5. The molecule has 0 radical (unpaired) electrons. The topological polar surface area (TPSA) is 20.2 Å². The molecule has 0 spiro atoms. The number of alkyl halides is 3. The number of rotatable bonds is 5. The van der Waals surface area contributed by atoms with E-state index >= 15 is 0 Å². The largest absolute Gasteiger partial charge is 0.421 e. The van der Waals surface area contributed by atoms with Gasteiger partial charge in [-0.1, -0.05) is 90.2 Å². The molecular formula is C20H23F3OSi. The Morgan fingerprint density at radius 2 is 1.44 bits per heavy atom. The van der Waals surface area contributed by atoms with Crippen LogP contribution < -0.4 is 5.19 Å². The van der Waals surface area contributed by atoms with E-state index in [1.54, 1.807) is 12.1 Å². The third-order valence-electron chi connectivity index (χ3n) is 4.91. The highest BCUT2D eigenvalue weighted by atomic mass is 28.3. The van der Waals surface area contributed by atoms with Crippen molar-refractivity contribution in [3.8, 4) is 0 Å². The monoisotopic (exact) mass is 364 g/mol. The average Bonchev–Trinajstić information content (AvgIpc) is 2.59. The molecule has 0 bridgehead atoms. The highest BCUT2D eigenvalue weighted by Crippen LogP contribution is 2.42. The summed E-state index contributed by atoms with van der Waals surface area (Å²) < 4.78 is 40.8. The van der Waals surface area contributed by atoms with Crippen LogP contribution in [0.1, 0.15) is 18.9 Å². The Bertz CT molecular complexity index is 724. The molecule has 0 saturated heterocycles. The van der Waals surface area contributed by atoms with Gasteiger partial charge in [-0.3, -0.25) is 0 Å². The van der Waals surface area contributed by atoms with Gasteiger partial charge in [-0.15, -0.1) is 0 Å². The lowest BCUT2D eigenvalue weighted by molar-refractivity contribution is -0.265. The minimum atomic E-state index is -4.75. The van der Waals surface area contributed by atoms with Crippen LogP contribution >= 0.6 is 0 Å². The van der Waals surface area contributed by atoms with Crippen LogP contribution in [0.15, 0.2) is 71.9 Å². The molecule has 134 valence electrons. The molecule has 1 nitrogen and oxygen atoms in total. The van der Waals surface area contributed by atoms with Gasteiger partial charge in [0.2, 0.25) is 0 Å². The molecule has 0 heterocycles. The number of halogens is 3. The zero-order chi connectivity index (χ0) is 18.7. The molecule has 0 saturated carbocycles. The van der Waals surface area contributed by atoms with Crippen molar-refractivity contribution < 1.29 is 18.3 Å². The second-order valence-electron chi connectivity index (χ2n) is 6.81. The van der Waals surface area contributed by atoms with Crippen molar-refractivity contribution in [2.24, 2.45) is 0 Å². The second-order valence-corrected chi connectivity index (χ2v) is 11.4. The summed E-state index contributed by atoms with van der Waals surface area (Å²) in [6, 6.07) is 17.1. The van der Waals surface area contributed by atoms with Crippen LogP contribution in [-0.2, 0) is 5.60 Å². The standard InChI is InChI=1S/C20H23F3OSi/c1-16(25(2,3)18-12-8-5-9-13-18)14-15-19(24,20(21,22)23)17-10-6-4-7-11-17/h4-14,24H,15H2,1-3H3/b16-14+/t19-/m0/s1. The lowest BCUT2D eigenvalue weighted by Gasteiger charge is -2.31. The van der Waals surface area contributed by atoms with Crippen LogP contribution in [0.3, 0.4) is 0 Å². The lowest BCUT2D eigenvalue weighted by atomic mass is 9.89. The van der Waals surface area contributed by atoms with Crippen LogP contribution in [0.2, 0.25) is 13.1 Å². The van der Waals surface area contributed by atoms with Gasteiger partial charge in [0.05, 0.1) is 0 Å². The van der Waals surface area contributed by atoms with Crippen LogP contribution in [-0.4, -0.2) is 19.4 Å². The summed E-state index contributed by atoms with van der Waals surface area (Å²) in [4.78, 5) is 0.